The van der Waals surface area contributed by atoms with E-state index in [9.17, 15) is 0 Å². The average Bonchev–Trinajstić information content (AvgIpc) is 2.40. The Morgan fingerprint density at radius 3 is 2.56 bits per heavy atom. The third-order valence-corrected chi connectivity index (χ3v) is 3.72. The maximum absolute atomic E-state index is 5.10. The van der Waals surface area contributed by atoms with Crippen molar-refractivity contribution in [2.75, 3.05) is 17.8 Å². The molecule has 0 radical (unpaired) electrons. The van der Waals surface area contributed by atoms with Gasteiger partial charge >= 0.3 is 0 Å². The van der Waals surface area contributed by atoms with E-state index in [1.165, 1.54) is 12.2 Å². The van der Waals surface area contributed by atoms with Gasteiger partial charge in [0.1, 0.15) is 0 Å². The lowest BCUT2D eigenvalue weighted by Crippen LogP contribution is -1.92. The van der Waals surface area contributed by atoms with Gasteiger partial charge in [0.15, 0.2) is 0 Å². The van der Waals surface area contributed by atoms with Gasteiger partial charge in [-0.05, 0) is 37.0 Å². The van der Waals surface area contributed by atoms with Gasteiger partial charge in [-0.15, -0.1) is 5.11 Å². The molecule has 1 aromatic carbocycles. The maximum atomic E-state index is 5.10. The lowest BCUT2D eigenvalue weighted by atomic mass is 10.3. The zero-order valence-electron chi connectivity index (χ0n) is 10.5. The Kier molecular flexibility index (Phi) is 8.33. The fourth-order valence-corrected chi connectivity index (χ4v) is 2.56. The van der Waals surface area contributed by atoms with E-state index < -0.39 is 0 Å². The normalized spacial score (nSPS) is 12.2. The van der Waals surface area contributed by atoms with Gasteiger partial charge in [0.2, 0.25) is 5.17 Å². The number of benzene rings is 1. The van der Waals surface area contributed by atoms with E-state index in [1.807, 2.05) is 42.1 Å². The van der Waals surface area contributed by atoms with E-state index in [0.717, 1.165) is 17.9 Å². The molecule has 4 nitrogen and oxygen atoms in total. The summed E-state index contributed by atoms with van der Waals surface area (Å²) < 4.78 is 0. The number of aliphatic imine (C=N–C) groups is 1. The summed E-state index contributed by atoms with van der Waals surface area (Å²) in [6, 6.07) is 9.71. The zero-order valence-corrected chi connectivity index (χ0v) is 12.1. The third kappa shape index (κ3) is 6.66. The number of thioether (sulfide) groups is 2. The van der Waals surface area contributed by atoms with E-state index in [1.54, 1.807) is 11.8 Å². The quantitative estimate of drug-likeness (QED) is 0.215. The maximum Gasteiger partial charge on any atom is 0.211 e. The molecule has 1 aromatic rings. The standard InChI is InChI=1S/C12H18N4S2/c1-17-9-5-6-10-18-12(15-16-13)14-11-7-3-2-4-8-11/h2-4,7-8H,5-6,9-10H2,1H3,(H2,13,14,15). The minimum Gasteiger partial charge on any atom is -0.304 e. The van der Waals surface area contributed by atoms with Crippen molar-refractivity contribution in [3.8, 4) is 0 Å². The van der Waals surface area contributed by atoms with Crippen molar-refractivity contribution in [2.24, 2.45) is 21.2 Å². The molecule has 0 unspecified atom stereocenters. The highest BCUT2D eigenvalue weighted by Crippen LogP contribution is 2.17. The first kappa shape index (κ1) is 15.0. The number of hydrogen-bond donors (Lipinski definition) is 1. The van der Waals surface area contributed by atoms with Crippen LogP contribution in [0.4, 0.5) is 5.69 Å². The molecule has 0 aliphatic heterocycles. The van der Waals surface area contributed by atoms with Gasteiger partial charge in [-0.3, -0.25) is 0 Å². The minimum atomic E-state index is 0.618. The molecule has 0 heterocycles. The van der Waals surface area contributed by atoms with Crippen LogP contribution in [0.5, 0.6) is 0 Å². The summed E-state index contributed by atoms with van der Waals surface area (Å²) in [7, 11) is 0. The van der Waals surface area contributed by atoms with Crippen LogP contribution in [-0.4, -0.2) is 22.9 Å². The van der Waals surface area contributed by atoms with E-state index >= 15 is 0 Å². The summed E-state index contributed by atoms with van der Waals surface area (Å²) in [5.74, 6) is 7.29. The SMILES string of the molecule is CSCCCCSC(N=NN)=Nc1ccccc1. The summed E-state index contributed by atoms with van der Waals surface area (Å²) in [4.78, 5) is 4.40. The molecule has 0 saturated heterocycles. The number of amidine groups is 1. The van der Waals surface area contributed by atoms with E-state index in [0.29, 0.717) is 5.17 Å². The van der Waals surface area contributed by atoms with Crippen molar-refractivity contribution >= 4 is 34.4 Å². The van der Waals surface area contributed by atoms with Crippen molar-refractivity contribution < 1.29 is 0 Å². The smallest absolute Gasteiger partial charge is 0.211 e. The first-order valence-electron chi connectivity index (χ1n) is 5.73. The second kappa shape index (κ2) is 9.96. The molecule has 6 heteroatoms. The monoisotopic (exact) mass is 282 g/mol. The minimum absolute atomic E-state index is 0.618. The number of nitrogens with zero attached hydrogens (tertiary/aromatic N) is 3. The summed E-state index contributed by atoms with van der Waals surface area (Å²) in [6.45, 7) is 0. The average molecular weight is 282 g/mol. The van der Waals surface area contributed by atoms with E-state index in [-0.39, 0.29) is 0 Å². The molecule has 0 atom stereocenters. The summed E-state index contributed by atoms with van der Waals surface area (Å²) in [6.07, 6.45) is 4.49. The van der Waals surface area contributed by atoms with Gasteiger partial charge in [-0.2, -0.15) is 11.8 Å². The van der Waals surface area contributed by atoms with E-state index in [2.05, 4.69) is 21.6 Å². The predicted molar refractivity (Wildman–Crippen MR) is 82.7 cm³/mol. The van der Waals surface area contributed by atoms with Crippen molar-refractivity contribution in [3.63, 3.8) is 0 Å². The zero-order chi connectivity index (χ0) is 13.1. The Labute approximate surface area is 117 Å². The van der Waals surface area contributed by atoms with Crippen LogP contribution >= 0.6 is 23.5 Å². The van der Waals surface area contributed by atoms with Crippen LogP contribution in [0.2, 0.25) is 0 Å². The molecule has 0 bridgehead atoms. The van der Waals surface area contributed by atoms with Gasteiger partial charge < -0.3 is 5.84 Å². The van der Waals surface area contributed by atoms with Crippen LogP contribution < -0.4 is 5.84 Å². The lowest BCUT2D eigenvalue weighted by molar-refractivity contribution is 0.910. The van der Waals surface area contributed by atoms with Crippen molar-refractivity contribution in [2.45, 2.75) is 12.8 Å². The molecule has 0 fully saturated rings. The molecule has 0 aliphatic carbocycles. The summed E-state index contributed by atoms with van der Waals surface area (Å²) >= 11 is 3.46. The number of rotatable bonds is 6. The Morgan fingerprint density at radius 1 is 1.17 bits per heavy atom. The number of unbranched alkanes of at least 4 members (excludes halogenated alkanes) is 1. The van der Waals surface area contributed by atoms with Crippen LogP contribution in [-0.2, 0) is 0 Å². The fourth-order valence-electron chi connectivity index (χ4n) is 1.26. The Morgan fingerprint density at radius 2 is 1.89 bits per heavy atom. The van der Waals surface area contributed by atoms with E-state index in [4.69, 9.17) is 5.84 Å². The fraction of sp³-hybridized carbons (Fsp3) is 0.417. The molecule has 0 aliphatic rings. The Bertz CT molecular complexity index is 379. The van der Waals surface area contributed by atoms with Crippen molar-refractivity contribution in [1.29, 1.82) is 0 Å². The Balaban J connectivity index is 2.47. The van der Waals surface area contributed by atoms with Crippen molar-refractivity contribution in [1.82, 2.24) is 0 Å². The third-order valence-electron chi connectivity index (χ3n) is 2.10. The highest BCUT2D eigenvalue weighted by molar-refractivity contribution is 8.13. The molecule has 18 heavy (non-hydrogen) atoms. The van der Waals surface area contributed by atoms with Crippen LogP contribution in [0, 0.1) is 0 Å². The molecular formula is C12H18N4S2. The summed E-state index contributed by atoms with van der Waals surface area (Å²) in [5, 5.41) is 7.78. The lowest BCUT2D eigenvalue weighted by Gasteiger charge is -2.00. The van der Waals surface area contributed by atoms with Crippen LogP contribution in [0.3, 0.4) is 0 Å². The number of hydrogen-bond acceptors (Lipinski definition) is 4. The summed E-state index contributed by atoms with van der Waals surface area (Å²) in [5.41, 5.74) is 0.872. The van der Waals surface area contributed by atoms with Crippen LogP contribution in [0.1, 0.15) is 12.8 Å². The molecule has 1 rings (SSSR count). The van der Waals surface area contributed by atoms with Gasteiger partial charge in [0.05, 0.1) is 5.69 Å². The highest BCUT2D eigenvalue weighted by atomic mass is 32.2. The van der Waals surface area contributed by atoms with Gasteiger partial charge in [-0.25, -0.2) is 4.99 Å². The number of nitrogens with two attached hydrogens (primary N) is 1. The molecule has 0 spiro atoms. The first-order chi connectivity index (χ1) is 8.86. The molecular weight excluding hydrogens is 264 g/mol. The largest absolute Gasteiger partial charge is 0.304 e. The predicted octanol–water partition coefficient (Wildman–Crippen LogP) is 3.88. The molecule has 0 amide bonds. The van der Waals surface area contributed by atoms with Crippen LogP contribution in [0.25, 0.3) is 0 Å². The van der Waals surface area contributed by atoms with Gasteiger partial charge in [0.25, 0.3) is 0 Å². The second-order valence-electron chi connectivity index (χ2n) is 3.49. The first-order valence-corrected chi connectivity index (χ1v) is 8.11. The van der Waals surface area contributed by atoms with Crippen molar-refractivity contribution in [3.05, 3.63) is 30.3 Å². The van der Waals surface area contributed by atoms with Gasteiger partial charge in [0, 0.05) is 5.75 Å². The molecule has 2 N–H and O–H groups in total. The molecule has 0 aromatic heterocycles. The van der Waals surface area contributed by atoms with Crippen LogP contribution in [0.15, 0.2) is 45.7 Å². The van der Waals surface area contributed by atoms with Gasteiger partial charge in [-0.1, -0.05) is 35.2 Å². The number of para-hydroxylation sites is 1. The second-order valence-corrected chi connectivity index (χ2v) is 5.54. The molecule has 98 valence electrons. The topological polar surface area (TPSA) is 63.1 Å². The molecule has 0 saturated carbocycles. The highest BCUT2D eigenvalue weighted by Gasteiger charge is 1.99. The Hall–Kier alpha value is -1.01.